The number of anilines is 1. The first-order valence-electron chi connectivity index (χ1n) is 12.8. The largest absolute Gasteiger partial charge is 0.332 e. The van der Waals surface area contributed by atoms with Crippen molar-refractivity contribution in [1.82, 2.24) is 9.47 Å². The zero-order chi connectivity index (χ0) is 26.6. The summed E-state index contributed by atoms with van der Waals surface area (Å²) < 4.78 is 2.11. The Morgan fingerprint density at radius 2 is 1.58 bits per heavy atom. The van der Waals surface area contributed by atoms with Crippen LogP contribution in [-0.4, -0.2) is 34.4 Å². The molecule has 0 N–H and O–H groups in total. The molecule has 2 amide bonds. The minimum Gasteiger partial charge on any atom is -0.332 e. The molecule has 7 heteroatoms. The van der Waals surface area contributed by atoms with Gasteiger partial charge in [-0.25, -0.2) is 0 Å². The number of fused-ring (bicyclic) bond motifs is 3. The Balaban J connectivity index is 1.52. The molecule has 2 atom stereocenters. The average molecular weight is 546 g/mol. The number of aromatic nitrogens is 1. The zero-order valence-corrected chi connectivity index (χ0v) is 22.6. The third-order valence-electron chi connectivity index (χ3n) is 6.90. The maximum Gasteiger partial charge on any atom is 0.247 e. The third-order valence-corrected chi connectivity index (χ3v) is 7.59. The van der Waals surface area contributed by atoms with Crippen LogP contribution in [0.2, 0.25) is 5.02 Å². The van der Waals surface area contributed by atoms with Crippen molar-refractivity contribution in [2.24, 2.45) is 0 Å². The van der Waals surface area contributed by atoms with Gasteiger partial charge in [-0.15, -0.1) is 11.6 Å². The van der Waals surface area contributed by atoms with Crippen LogP contribution < -0.4 is 4.90 Å². The summed E-state index contributed by atoms with van der Waals surface area (Å²) in [4.78, 5) is 31.2. The Labute approximate surface area is 233 Å². The number of unbranched alkanes of at least 4 members (excludes halogenated alkanes) is 1. The fraction of sp³-hybridized carbons (Fsp3) is 0.226. The highest BCUT2D eigenvalue weighted by Crippen LogP contribution is 2.42. The molecule has 1 aliphatic rings. The molecular formula is C31H29Cl2N3O2. The lowest BCUT2D eigenvalue weighted by molar-refractivity contribution is -0.135. The molecule has 2 heterocycles. The molecule has 0 bridgehead atoms. The minimum atomic E-state index is -0.862. The molecule has 1 aromatic heterocycles. The Morgan fingerprint density at radius 1 is 0.895 bits per heavy atom. The first-order valence-corrected chi connectivity index (χ1v) is 13.6. The highest BCUT2D eigenvalue weighted by atomic mass is 35.5. The van der Waals surface area contributed by atoms with E-state index >= 15 is 0 Å². The number of amides is 2. The van der Waals surface area contributed by atoms with Crippen LogP contribution in [0.25, 0.3) is 5.69 Å². The van der Waals surface area contributed by atoms with Crippen LogP contribution in [-0.2, 0) is 9.59 Å². The van der Waals surface area contributed by atoms with Crippen molar-refractivity contribution >= 4 is 40.7 Å². The smallest absolute Gasteiger partial charge is 0.247 e. The van der Waals surface area contributed by atoms with Crippen molar-refractivity contribution < 1.29 is 9.59 Å². The summed E-state index contributed by atoms with van der Waals surface area (Å²) in [5.74, 6) is -0.442. The topological polar surface area (TPSA) is 45.6 Å². The molecule has 3 aromatic carbocycles. The summed E-state index contributed by atoms with van der Waals surface area (Å²) in [5, 5.41) is -0.234. The number of alkyl halides is 1. The van der Waals surface area contributed by atoms with Gasteiger partial charge in [0, 0.05) is 17.8 Å². The number of halogens is 2. The van der Waals surface area contributed by atoms with E-state index in [-0.39, 0.29) is 24.4 Å². The molecule has 0 saturated heterocycles. The van der Waals surface area contributed by atoms with Crippen LogP contribution in [0.5, 0.6) is 0 Å². The van der Waals surface area contributed by atoms with Crippen LogP contribution in [0.1, 0.15) is 48.0 Å². The molecule has 0 aliphatic carbocycles. The van der Waals surface area contributed by atoms with Gasteiger partial charge < -0.3 is 9.47 Å². The Kier molecular flexibility index (Phi) is 7.87. The summed E-state index contributed by atoms with van der Waals surface area (Å²) in [6.07, 6.45) is 3.68. The number of nitrogens with zero attached hydrogens (tertiary/aromatic N) is 3. The molecule has 0 radical (unpaired) electrons. The predicted octanol–water partition coefficient (Wildman–Crippen LogP) is 7.18. The van der Waals surface area contributed by atoms with Gasteiger partial charge in [0.25, 0.3) is 0 Å². The normalized spacial score (nSPS) is 14.9. The van der Waals surface area contributed by atoms with E-state index in [1.165, 1.54) is 0 Å². The number of carbonyl (C=O) groups is 2. The first kappa shape index (κ1) is 26.1. The Hall–Kier alpha value is -3.54. The molecule has 5 rings (SSSR count). The minimum absolute atomic E-state index is 0.0754. The van der Waals surface area contributed by atoms with Gasteiger partial charge in [0.15, 0.2) is 0 Å². The van der Waals surface area contributed by atoms with Crippen molar-refractivity contribution in [2.75, 3.05) is 18.0 Å². The second-order valence-electron chi connectivity index (χ2n) is 9.40. The van der Waals surface area contributed by atoms with Crippen LogP contribution >= 0.6 is 23.2 Å². The fourth-order valence-corrected chi connectivity index (χ4v) is 5.41. The van der Waals surface area contributed by atoms with Crippen molar-refractivity contribution in [3.63, 3.8) is 0 Å². The van der Waals surface area contributed by atoms with Gasteiger partial charge in [-0.05, 0) is 53.9 Å². The summed E-state index contributed by atoms with van der Waals surface area (Å²) >= 11 is 12.8. The van der Waals surface area contributed by atoms with Crippen molar-refractivity contribution in [3.05, 3.63) is 119 Å². The maximum absolute atomic E-state index is 14.2. The van der Waals surface area contributed by atoms with E-state index in [1.54, 1.807) is 4.90 Å². The average Bonchev–Trinajstić information content (AvgIpc) is 3.45. The van der Waals surface area contributed by atoms with Gasteiger partial charge in [-0.2, -0.15) is 0 Å². The number of para-hydroxylation sites is 2. The van der Waals surface area contributed by atoms with Crippen LogP contribution in [0.15, 0.2) is 97.2 Å². The molecule has 0 spiro atoms. The third kappa shape index (κ3) is 5.09. The predicted molar refractivity (Wildman–Crippen MR) is 153 cm³/mol. The quantitative estimate of drug-likeness (QED) is 0.220. The van der Waals surface area contributed by atoms with Gasteiger partial charge in [-0.3, -0.25) is 14.5 Å². The maximum atomic E-state index is 14.2. The van der Waals surface area contributed by atoms with E-state index in [9.17, 15) is 9.59 Å². The summed E-state index contributed by atoms with van der Waals surface area (Å²) in [7, 11) is 0. The van der Waals surface area contributed by atoms with Gasteiger partial charge in [0.05, 0.1) is 17.1 Å². The van der Waals surface area contributed by atoms with Crippen LogP contribution in [0, 0.1) is 0 Å². The molecule has 0 fully saturated rings. The van der Waals surface area contributed by atoms with E-state index in [2.05, 4.69) is 11.5 Å². The molecule has 0 saturated carbocycles. The van der Waals surface area contributed by atoms with E-state index < -0.39 is 5.38 Å². The summed E-state index contributed by atoms with van der Waals surface area (Å²) in [6, 6.07) is 28.3. The summed E-state index contributed by atoms with van der Waals surface area (Å²) in [6.45, 7) is 2.44. The van der Waals surface area contributed by atoms with E-state index in [0.29, 0.717) is 17.1 Å². The molecule has 1 aliphatic heterocycles. The highest BCUT2D eigenvalue weighted by molar-refractivity contribution is 6.31. The molecule has 2 unspecified atom stereocenters. The molecular weight excluding hydrogens is 517 g/mol. The Bertz CT molecular complexity index is 1420. The fourth-order valence-electron chi connectivity index (χ4n) is 5.00. The molecule has 194 valence electrons. The van der Waals surface area contributed by atoms with Crippen LogP contribution in [0.3, 0.4) is 0 Å². The van der Waals surface area contributed by atoms with Crippen molar-refractivity contribution in [1.29, 1.82) is 0 Å². The van der Waals surface area contributed by atoms with Gasteiger partial charge in [0.2, 0.25) is 11.8 Å². The highest BCUT2D eigenvalue weighted by Gasteiger charge is 2.37. The van der Waals surface area contributed by atoms with Gasteiger partial charge in [-0.1, -0.05) is 79.5 Å². The number of carbonyl (C=O) groups excluding carboxylic acids is 2. The Morgan fingerprint density at radius 3 is 2.29 bits per heavy atom. The number of benzene rings is 3. The van der Waals surface area contributed by atoms with Crippen molar-refractivity contribution in [2.45, 2.75) is 31.2 Å². The number of hydrogen-bond acceptors (Lipinski definition) is 2. The second kappa shape index (κ2) is 11.5. The van der Waals surface area contributed by atoms with Crippen LogP contribution in [0.4, 0.5) is 5.69 Å². The summed E-state index contributed by atoms with van der Waals surface area (Å²) in [5.41, 5.74) is 4.31. The molecule has 5 nitrogen and oxygen atoms in total. The standard InChI is InChI=1S/C31H29Cl2N3O2/c1-2-3-19-34(31(38)29(33)22-10-5-4-6-11-22)21-28(37)36-26-13-8-7-12-25(26)35-20-9-14-27(35)30(36)23-15-17-24(32)18-16-23/h4-18,20,29-30H,2-3,19,21H2,1H3. The number of rotatable bonds is 8. The van der Waals surface area contributed by atoms with Gasteiger partial charge >= 0.3 is 0 Å². The lowest BCUT2D eigenvalue weighted by Crippen LogP contribution is -2.47. The molecule has 38 heavy (non-hydrogen) atoms. The SMILES string of the molecule is CCCCN(CC(=O)N1c2ccccc2-n2cccc2C1c1ccc(Cl)cc1)C(=O)C(Cl)c1ccccc1. The molecule has 4 aromatic rings. The lowest BCUT2D eigenvalue weighted by Gasteiger charge is -2.39. The van der Waals surface area contributed by atoms with Gasteiger partial charge in [0.1, 0.15) is 18.0 Å². The van der Waals surface area contributed by atoms with E-state index in [0.717, 1.165) is 35.5 Å². The lowest BCUT2D eigenvalue weighted by atomic mass is 9.97. The second-order valence-corrected chi connectivity index (χ2v) is 10.3. The zero-order valence-electron chi connectivity index (χ0n) is 21.1. The monoisotopic (exact) mass is 545 g/mol. The van der Waals surface area contributed by atoms with Crippen molar-refractivity contribution in [3.8, 4) is 5.69 Å². The van der Waals surface area contributed by atoms with E-state index in [1.807, 2.05) is 102 Å². The van der Waals surface area contributed by atoms with E-state index in [4.69, 9.17) is 23.2 Å². The number of hydrogen-bond donors (Lipinski definition) is 0. The first-order chi connectivity index (χ1) is 18.5.